The predicted molar refractivity (Wildman–Crippen MR) is 104 cm³/mol. The number of fused-ring (bicyclic) bond motifs is 1. The Bertz CT molecular complexity index is 1000. The van der Waals surface area contributed by atoms with Crippen LogP contribution in [0.4, 0.5) is 0 Å². The fourth-order valence-corrected chi connectivity index (χ4v) is 3.57. The van der Waals surface area contributed by atoms with E-state index >= 15 is 0 Å². The van der Waals surface area contributed by atoms with Crippen molar-refractivity contribution in [3.05, 3.63) is 40.4 Å². The van der Waals surface area contributed by atoms with E-state index in [1.807, 2.05) is 20.0 Å². The van der Waals surface area contributed by atoms with E-state index in [0.29, 0.717) is 29.6 Å². The molecule has 1 N–H and O–H groups in total. The summed E-state index contributed by atoms with van der Waals surface area (Å²) in [6.45, 7) is 5.24. The molecule has 7 nitrogen and oxygen atoms in total. The number of hydrogen-bond donors (Lipinski definition) is 1. The fraction of sp³-hybridized carbons (Fsp3) is 0.474. The van der Waals surface area contributed by atoms with E-state index in [-0.39, 0.29) is 11.8 Å². The molecule has 1 fully saturated rings. The first-order valence-corrected chi connectivity index (χ1v) is 9.60. The highest BCUT2D eigenvalue weighted by molar-refractivity contribution is 6.30. The number of hydrogen-bond acceptors (Lipinski definition) is 4. The van der Waals surface area contributed by atoms with Crippen LogP contribution in [-0.2, 0) is 13.6 Å². The van der Waals surface area contributed by atoms with Crippen molar-refractivity contribution in [1.82, 2.24) is 29.9 Å². The molecular weight excluding hydrogens is 364 g/mol. The Balaban J connectivity index is 1.53. The van der Waals surface area contributed by atoms with Gasteiger partial charge in [0, 0.05) is 37.9 Å². The Morgan fingerprint density at radius 3 is 2.89 bits per heavy atom. The highest BCUT2D eigenvalue weighted by Gasteiger charge is 2.28. The molecule has 0 aliphatic heterocycles. The summed E-state index contributed by atoms with van der Waals surface area (Å²) in [4.78, 5) is 17.7. The normalized spacial score (nSPS) is 15.3. The Labute approximate surface area is 162 Å². The summed E-state index contributed by atoms with van der Waals surface area (Å²) in [5, 5.41) is 13.2. The van der Waals surface area contributed by atoms with Crippen LogP contribution in [0.15, 0.2) is 18.5 Å². The van der Waals surface area contributed by atoms with Gasteiger partial charge in [0.05, 0.1) is 27.9 Å². The van der Waals surface area contributed by atoms with Gasteiger partial charge in [-0.05, 0) is 31.7 Å². The molecule has 3 aromatic heterocycles. The Morgan fingerprint density at radius 2 is 2.22 bits per heavy atom. The number of pyridine rings is 1. The summed E-state index contributed by atoms with van der Waals surface area (Å²) in [7, 11) is 1.87. The lowest BCUT2D eigenvalue weighted by molar-refractivity contribution is 0.0948. The summed E-state index contributed by atoms with van der Waals surface area (Å²) in [6, 6.07) is 1.95. The molecule has 1 saturated carbocycles. The van der Waals surface area contributed by atoms with Gasteiger partial charge in [-0.15, -0.1) is 0 Å². The molecule has 1 aliphatic rings. The lowest BCUT2D eigenvalue weighted by Crippen LogP contribution is -2.30. The zero-order valence-electron chi connectivity index (χ0n) is 15.7. The molecule has 3 aromatic rings. The van der Waals surface area contributed by atoms with Crippen LogP contribution < -0.4 is 5.32 Å². The monoisotopic (exact) mass is 386 g/mol. The van der Waals surface area contributed by atoms with E-state index in [2.05, 4.69) is 22.4 Å². The van der Waals surface area contributed by atoms with Crippen molar-refractivity contribution < 1.29 is 4.79 Å². The van der Waals surface area contributed by atoms with Gasteiger partial charge in [0.1, 0.15) is 0 Å². The number of aromatic nitrogens is 5. The zero-order valence-corrected chi connectivity index (χ0v) is 16.5. The second kappa shape index (κ2) is 6.96. The third-order valence-electron chi connectivity index (χ3n) is 4.94. The highest BCUT2D eigenvalue weighted by atomic mass is 35.5. The molecule has 1 atom stereocenters. The number of rotatable bonds is 6. The minimum Gasteiger partial charge on any atom is -0.352 e. The molecule has 3 heterocycles. The van der Waals surface area contributed by atoms with Crippen molar-refractivity contribution in [2.24, 2.45) is 13.0 Å². The number of nitrogens with zero attached hydrogens (tertiary/aromatic N) is 5. The van der Waals surface area contributed by atoms with Crippen LogP contribution in [0.5, 0.6) is 0 Å². The number of carbonyl (C=O) groups excluding carboxylic acids is 1. The standard InChI is InChI=1S/C19H23ClN6O/c1-11(9-26-10-14(20)8-22-26)7-21-19(27)15-6-16(13-4-5-13)23-18-17(15)12(2)24-25(18)3/h6,8,10-11,13H,4-5,7,9H2,1-3H3,(H,21,27)/t11-/m0/s1. The first-order chi connectivity index (χ1) is 12.9. The van der Waals surface area contributed by atoms with Gasteiger partial charge in [-0.25, -0.2) is 4.98 Å². The van der Waals surface area contributed by atoms with Crippen LogP contribution in [0.1, 0.15) is 47.4 Å². The van der Waals surface area contributed by atoms with E-state index in [1.54, 1.807) is 21.8 Å². The molecular formula is C19H23ClN6O. The maximum Gasteiger partial charge on any atom is 0.252 e. The van der Waals surface area contributed by atoms with Crippen molar-refractivity contribution in [2.75, 3.05) is 6.54 Å². The van der Waals surface area contributed by atoms with Gasteiger partial charge in [0.2, 0.25) is 0 Å². The summed E-state index contributed by atoms with van der Waals surface area (Å²) in [5.74, 6) is 0.616. The average Bonchev–Trinajstić information content (AvgIpc) is 3.35. The van der Waals surface area contributed by atoms with Gasteiger partial charge < -0.3 is 5.32 Å². The molecule has 0 saturated heterocycles. The number of carbonyl (C=O) groups is 1. The molecule has 0 aromatic carbocycles. The highest BCUT2D eigenvalue weighted by Crippen LogP contribution is 2.40. The molecule has 142 valence electrons. The van der Waals surface area contributed by atoms with Crippen LogP contribution in [0, 0.1) is 12.8 Å². The van der Waals surface area contributed by atoms with Gasteiger partial charge in [-0.2, -0.15) is 10.2 Å². The third kappa shape index (κ3) is 3.69. The van der Waals surface area contributed by atoms with Crippen molar-refractivity contribution in [1.29, 1.82) is 0 Å². The topological polar surface area (TPSA) is 77.6 Å². The first kappa shape index (κ1) is 18.0. The maximum atomic E-state index is 13.0. The number of amides is 1. The van der Waals surface area contributed by atoms with Crippen LogP contribution in [0.3, 0.4) is 0 Å². The molecule has 0 bridgehead atoms. The van der Waals surface area contributed by atoms with Crippen molar-refractivity contribution in [2.45, 2.75) is 39.2 Å². The van der Waals surface area contributed by atoms with Crippen LogP contribution >= 0.6 is 11.6 Å². The quantitative estimate of drug-likeness (QED) is 0.706. The number of halogens is 1. The van der Waals surface area contributed by atoms with E-state index in [1.165, 1.54) is 0 Å². The van der Waals surface area contributed by atoms with Crippen molar-refractivity contribution >= 4 is 28.5 Å². The smallest absolute Gasteiger partial charge is 0.252 e. The zero-order chi connectivity index (χ0) is 19.1. The Hall–Kier alpha value is -2.41. The van der Waals surface area contributed by atoms with E-state index in [4.69, 9.17) is 16.6 Å². The van der Waals surface area contributed by atoms with Crippen LogP contribution in [0.25, 0.3) is 11.0 Å². The summed E-state index contributed by atoms with van der Waals surface area (Å²) in [5.41, 5.74) is 3.27. The molecule has 8 heteroatoms. The van der Waals surface area contributed by atoms with E-state index in [9.17, 15) is 4.79 Å². The van der Waals surface area contributed by atoms with Gasteiger partial charge >= 0.3 is 0 Å². The van der Waals surface area contributed by atoms with Crippen LogP contribution in [-0.4, -0.2) is 37.0 Å². The molecule has 0 spiro atoms. The second-order valence-electron chi connectivity index (χ2n) is 7.47. The van der Waals surface area contributed by atoms with Gasteiger partial charge in [0.15, 0.2) is 5.65 Å². The van der Waals surface area contributed by atoms with Gasteiger partial charge in [-0.1, -0.05) is 18.5 Å². The number of nitrogens with one attached hydrogen (secondary N) is 1. The molecule has 27 heavy (non-hydrogen) atoms. The molecule has 1 aliphatic carbocycles. The minimum atomic E-state index is -0.0780. The Kier molecular flexibility index (Phi) is 4.63. The molecule has 0 unspecified atom stereocenters. The van der Waals surface area contributed by atoms with Gasteiger partial charge in [0.25, 0.3) is 5.91 Å². The SMILES string of the molecule is Cc1nn(C)c2nc(C3CC3)cc(C(=O)NC[C@H](C)Cn3cc(Cl)cn3)c12. The molecule has 4 rings (SSSR count). The van der Waals surface area contributed by atoms with E-state index < -0.39 is 0 Å². The summed E-state index contributed by atoms with van der Waals surface area (Å²) < 4.78 is 3.55. The van der Waals surface area contributed by atoms with Crippen molar-refractivity contribution in [3.63, 3.8) is 0 Å². The maximum absolute atomic E-state index is 13.0. The average molecular weight is 387 g/mol. The molecule has 1 amide bonds. The lowest BCUT2D eigenvalue weighted by atomic mass is 10.1. The molecule has 0 radical (unpaired) electrons. The third-order valence-corrected chi connectivity index (χ3v) is 5.14. The summed E-state index contributed by atoms with van der Waals surface area (Å²) in [6.07, 6.45) is 5.68. The van der Waals surface area contributed by atoms with Gasteiger partial charge in [-0.3, -0.25) is 14.2 Å². The minimum absolute atomic E-state index is 0.0780. The van der Waals surface area contributed by atoms with Crippen LogP contribution in [0.2, 0.25) is 5.02 Å². The second-order valence-corrected chi connectivity index (χ2v) is 7.91. The summed E-state index contributed by atoms with van der Waals surface area (Å²) >= 11 is 5.90. The van der Waals surface area contributed by atoms with E-state index in [0.717, 1.165) is 35.3 Å². The Morgan fingerprint density at radius 1 is 1.44 bits per heavy atom. The van der Waals surface area contributed by atoms with Crippen molar-refractivity contribution in [3.8, 4) is 0 Å². The predicted octanol–water partition coefficient (Wildman–Crippen LogP) is 3.07. The fourth-order valence-electron chi connectivity index (χ4n) is 3.42. The lowest BCUT2D eigenvalue weighted by Gasteiger charge is -2.14. The number of aryl methyl sites for hydroxylation is 2. The largest absolute Gasteiger partial charge is 0.352 e. The first-order valence-electron chi connectivity index (χ1n) is 9.22.